The maximum Gasteiger partial charge on any atom is 0.128 e. The first-order valence-corrected chi connectivity index (χ1v) is 5.87. The average molecular weight is 261 g/mol. The van der Waals surface area contributed by atoms with Crippen LogP contribution in [0.4, 0.5) is 0 Å². The third-order valence-electron chi connectivity index (χ3n) is 2.44. The summed E-state index contributed by atoms with van der Waals surface area (Å²) in [6.07, 6.45) is 1.57. The highest BCUT2D eigenvalue weighted by molar-refractivity contribution is 6.30. The first-order chi connectivity index (χ1) is 8.79. The zero-order chi connectivity index (χ0) is 12.8. The summed E-state index contributed by atoms with van der Waals surface area (Å²) in [6, 6.07) is 15.1. The van der Waals surface area contributed by atoms with E-state index in [1.807, 2.05) is 48.5 Å². The number of ether oxygens (including phenoxy) is 1. The van der Waals surface area contributed by atoms with Crippen LogP contribution in [0, 0.1) is 0 Å². The molecule has 0 aliphatic rings. The standard InChI is InChI=1S/C14H13ClN2O/c15-13-7-5-11(6-8-13)10-18-14-4-2-1-3-12(14)9-17-16/h1-9H,10,16H2. The molecule has 0 saturated heterocycles. The molecule has 2 N–H and O–H groups in total. The predicted octanol–water partition coefficient (Wildman–Crippen LogP) is 3.21. The smallest absolute Gasteiger partial charge is 0.128 e. The minimum absolute atomic E-state index is 0.479. The third kappa shape index (κ3) is 3.25. The Morgan fingerprint density at radius 3 is 2.56 bits per heavy atom. The molecule has 0 atom stereocenters. The number of benzene rings is 2. The minimum atomic E-state index is 0.479. The summed E-state index contributed by atoms with van der Waals surface area (Å²) in [5.74, 6) is 5.90. The SMILES string of the molecule is NN=Cc1ccccc1OCc1ccc(Cl)cc1. The van der Waals surface area contributed by atoms with Gasteiger partial charge >= 0.3 is 0 Å². The molecule has 0 bridgehead atoms. The second-order valence-electron chi connectivity index (χ2n) is 3.73. The van der Waals surface area contributed by atoms with Gasteiger partial charge in [-0.15, -0.1) is 0 Å². The molecule has 0 aromatic heterocycles. The average Bonchev–Trinajstić information content (AvgIpc) is 2.40. The third-order valence-corrected chi connectivity index (χ3v) is 2.69. The van der Waals surface area contributed by atoms with E-state index in [1.54, 1.807) is 6.21 Å². The molecule has 0 radical (unpaired) electrons. The van der Waals surface area contributed by atoms with E-state index in [9.17, 15) is 0 Å². The van der Waals surface area contributed by atoms with Crippen LogP contribution in [-0.4, -0.2) is 6.21 Å². The maximum absolute atomic E-state index is 5.82. The molecule has 0 aliphatic heterocycles. The normalized spacial score (nSPS) is 10.7. The van der Waals surface area contributed by atoms with Crippen LogP contribution in [-0.2, 0) is 6.61 Å². The van der Waals surface area contributed by atoms with Crippen molar-refractivity contribution in [2.24, 2.45) is 10.9 Å². The van der Waals surface area contributed by atoms with Crippen molar-refractivity contribution in [2.75, 3.05) is 0 Å². The van der Waals surface area contributed by atoms with E-state index in [-0.39, 0.29) is 0 Å². The molecule has 0 unspecified atom stereocenters. The van der Waals surface area contributed by atoms with Crippen LogP contribution in [0.25, 0.3) is 0 Å². The van der Waals surface area contributed by atoms with E-state index in [4.69, 9.17) is 22.2 Å². The first-order valence-electron chi connectivity index (χ1n) is 5.49. The van der Waals surface area contributed by atoms with Gasteiger partial charge in [-0.05, 0) is 29.8 Å². The number of nitrogens with zero attached hydrogens (tertiary/aromatic N) is 1. The summed E-state index contributed by atoms with van der Waals surface area (Å²) in [6.45, 7) is 0.479. The van der Waals surface area contributed by atoms with Crippen molar-refractivity contribution in [2.45, 2.75) is 6.61 Å². The molecule has 0 aliphatic carbocycles. The monoisotopic (exact) mass is 260 g/mol. The van der Waals surface area contributed by atoms with Gasteiger partial charge in [0.2, 0.25) is 0 Å². The molecule has 2 aromatic rings. The van der Waals surface area contributed by atoms with Crippen LogP contribution in [0.3, 0.4) is 0 Å². The van der Waals surface area contributed by atoms with Crippen molar-refractivity contribution >= 4 is 17.8 Å². The number of rotatable bonds is 4. The fourth-order valence-corrected chi connectivity index (χ4v) is 1.67. The Bertz CT molecular complexity index is 538. The molecule has 2 rings (SSSR count). The second-order valence-corrected chi connectivity index (χ2v) is 4.17. The molecule has 92 valence electrons. The van der Waals surface area contributed by atoms with Gasteiger partial charge in [0.15, 0.2) is 0 Å². The minimum Gasteiger partial charge on any atom is -0.488 e. The summed E-state index contributed by atoms with van der Waals surface area (Å²) in [5.41, 5.74) is 1.91. The predicted molar refractivity (Wildman–Crippen MR) is 74.0 cm³/mol. The largest absolute Gasteiger partial charge is 0.488 e. The molecule has 4 heteroatoms. The van der Waals surface area contributed by atoms with E-state index >= 15 is 0 Å². The van der Waals surface area contributed by atoms with Gasteiger partial charge in [-0.2, -0.15) is 5.10 Å². The van der Waals surface area contributed by atoms with Crippen molar-refractivity contribution in [3.05, 3.63) is 64.7 Å². The first kappa shape index (κ1) is 12.5. The van der Waals surface area contributed by atoms with E-state index in [1.165, 1.54) is 0 Å². The van der Waals surface area contributed by atoms with E-state index in [0.717, 1.165) is 21.9 Å². The lowest BCUT2D eigenvalue weighted by molar-refractivity contribution is 0.306. The molecule has 2 aromatic carbocycles. The highest BCUT2D eigenvalue weighted by Crippen LogP contribution is 2.18. The zero-order valence-electron chi connectivity index (χ0n) is 9.71. The quantitative estimate of drug-likeness (QED) is 0.521. The van der Waals surface area contributed by atoms with Gasteiger partial charge in [0, 0.05) is 10.6 Å². The topological polar surface area (TPSA) is 47.6 Å². The van der Waals surface area contributed by atoms with E-state index in [2.05, 4.69) is 5.10 Å². The van der Waals surface area contributed by atoms with Gasteiger partial charge in [-0.3, -0.25) is 0 Å². The van der Waals surface area contributed by atoms with Crippen LogP contribution in [0.1, 0.15) is 11.1 Å². The Morgan fingerprint density at radius 1 is 1.11 bits per heavy atom. The molecule has 3 nitrogen and oxygen atoms in total. The van der Waals surface area contributed by atoms with Crippen molar-refractivity contribution in [1.29, 1.82) is 0 Å². The van der Waals surface area contributed by atoms with Gasteiger partial charge < -0.3 is 10.6 Å². The Labute approximate surface area is 111 Å². The van der Waals surface area contributed by atoms with Gasteiger partial charge in [0.25, 0.3) is 0 Å². The van der Waals surface area contributed by atoms with Crippen LogP contribution in [0.5, 0.6) is 5.75 Å². The van der Waals surface area contributed by atoms with E-state index < -0.39 is 0 Å². The highest BCUT2D eigenvalue weighted by Gasteiger charge is 2.01. The molecule has 0 fully saturated rings. The lowest BCUT2D eigenvalue weighted by atomic mass is 10.2. The molecule has 0 amide bonds. The summed E-state index contributed by atoms with van der Waals surface area (Å²) in [4.78, 5) is 0. The molecule has 18 heavy (non-hydrogen) atoms. The Morgan fingerprint density at radius 2 is 1.83 bits per heavy atom. The number of hydrazone groups is 1. The molecular formula is C14H13ClN2O. The number of hydrogen-bond donors (Lipinski definition) is 1. The fraction of sp³-hybridized carbons (Fsp3) is 0.0714. The number of halogens is 1. The van der Waals surface area contributed by atoms with E-state index in [0.29, 0.717) is 6.61 Å². The highest BCUT2D eigenvalue weighted by atomic mass is 35.5. The lowest BCUT2D eigenvalue weighted by Crippen LogP contribution is -1.98. The van der Waals surface area contributed by atoms with Crippen molar-refractivity contribution in [1.82, 2.24) is 0 Å². The molecule has 0 spiro atoms. The van der Waals surface area contributed by atoms with Crippen LogP contribution in [0.2, 0.25) is 5.02 Å². The molecule has 0 saturated carbocycles. The lowest BCUT2D eigenvalue weighted by Gasteiger charge is -2.08. The second kappa shape index (κ2) is 6.07. The Hall–Kier alpha value is -2.00. The number of para-hydroxylation sites is 1. The number of hydrogen-bond acceptors (Lipinski definition) is 3. The van der Waals surface area contributed by atoms with Crippen LogP contribution >= 0.6 is 11.6 Å². The summed E-state index contributed by atoms with van der Waals surface area (Å²) < 4.78 is 5.73. The molecular weight excluding hydrogens is 248 g/mol. The van der Waals surface area contributed by atoms with Gasteiger partial charge in [-0.25, -0.2) is 0 Å². The van der Waals surface area contributed by atoms with Crippen molar-refractivity contribution in [3.8, 4) is 5.75 Å². The van der Waals surface area contributed by atoms with Crippen molar-refractivity contribution in [3.63, 3.8) is 0 Å². The summed E-state index contributed by atoms with van der Waals surface area (Å²) >= 11 is 5.82. The summed E-state index contributed by atoms with van der Waals surface area (Å²) in [5, 5.41) is 4.23. The van der Waals surface area contributed by atoms with Gasteiger partial charge in [0.05, 0.1) is 6.21 Å². The Kier molecular flexibility index (Phi) is 4.20. The van der Waals surface area contributed by atoms with Gasteiger partial charge in [0.1, 0.15) is 12.4 Å². The van der Waals surface area contributed by atoms with Crippen LogP contribution in [0.15, 0.2) is 53.6 Å². The zero-order valence-corrected chi connectivity index (χ0v) is 10.5. The van der Waals surface area contributed by atoms with Crippen LogP contribution < -0.4 is 10.6 Å². The van der Waals surface area contributed by atoms with Gasteiger partial charge in [-0.1, -0.05) is 35.9 Å². The molecule has 0 heterocycles. The van der Waals surface area contributed by atoms with Crippen molar-refractivity contribution < 1.29 is 4.74 Å². The fourth-order valence-electron chi connectivity index (χ4n) is 1.54. The summed E-state index contributed by atoms with van der Waals surface area (Å²) in [7, 11) is 0. The Balaban J connectivity index is 2.08. The number of nitrogens with two attached hydrogens (primary N) is 1. The maximum atomic E-state index is 5.82.